The van der Waals surface area contributed by atoms with E-state index in [0.717, 1.165) is 61.7 Å². The zero-order chi connectivity index (χ0) is 24.0. The first kappa shape index (κ1) is 25.1. The lowest BCUT2D eigenvalue weighted by Gasteiger charge is -2.33. The zero-order valence-electron chi connectivity index (χ0n) is 20.5. The van der Waals surface area contributed by atoms with Crippen LogP contribution < -0.4 is 0 Å². The highest BCUT2D eigenvalue weighted by atomic mass is 16.5. The molecular weight excluding hydrogens is 412 g/mol. The number of hydrogen-bond donors (Lipinski definition) is 2. The number of ether oxygens (including phenoxy) is 1. The van der Waals surface area contributed by atoms with Gasteiger partial charge in [0.2, 0.25) is 0 Å². The molecule has 0 aromatic heterocycles. The van der Waals surface area contributed by atoms with Crippen molar-refractivity contribution in [3.05, 3.63) is 59.2 Å². The summed E-state index contributed by atoms with van der Waals surface area (Å²) in [6, 6.07) is 3.74. The molecule has 0 unspecified atom stereocenters. The largest absolute Gasteiger partial charge is 0.507 e. The van der Waals surface area contributed by atoms with E-state index < -0.39 is 0 Å². The Bertz CT molecular complexity index is 895. The Morgan fingerprint density at radius 1 is 1.21 bits per heavy atom. The molecular formula is C29H40O4. The maximum atomic E-state index is 11.3. The quantitative estimate of drug-likeness (QED) is 0.236. The lowest BCUT2D eigenvalue weighted by atomic mass is 9.72. The van der Waals surface area contributed by atoms with Crippen LogP contribution in [0.2, 0.25) is 0 Å². The van der Waals surface area contributed by atoms with Gasteiger partial charge in [-0.05, 0) is 68.2 Å². The van der Waals surface area contributed by atoms with Gasteiger partial charge in [-0.15, -0.1) is 0 Å². The molecule has 1 aromatic rings. The number of phenols is 2. The first-order valence-corrected chi connectivity index (χ1v) is 12.5. The monoisotopic (exact) mass is 452 g/mol. The van der Waals surface area contributed by atoms with E-state index in [1.807, 2.05) is 19.1 Å². The minimum Gasteiger partial charge on any atom is -0.507 e. The van der Waals surface area contributed by atoms with E-state index in [9.17, 15) is 15.0 Å². The van der Waals surface area contributed by atoms with Crippen molar-refractivity contribution in [2.45, 2.75) is 89.9 Å². The van der Waals surface area contributed by atoms with Gasteiger partial charge in [0, 0.05) is 23.8 Å². The third-order valence-electron chi connectivity index (χ3n) is 7.42. The molecule has 3 rings (SSSR count). The van der Waals surface area contributed by atoms with Crippen LogP contribution in [0.15, 0.2) is 48.1 Å². The van der Waals surface area contributed by atoms with Crippen LogP contribution in [0.25, 0.3) is 0 Å². The highest BCUT2D eigenvalue weighted by Crippen LogP contribution is 2.50. The molecule has 4 nitrogen and oxygen atoms in total. The number of rotatable bonds is 9. The number of aromatic hydroxyl groups is 2. The van der Waals surface area contributed by atoms with Crippen LogP contribution >= 0.6 is 0 Å². The molecule has 0 spiro atoms. The van der Waals surface area contributed by atoms with Crippen LogP contribution in [0, 0.1) is 5.92 Å². The summed E-state index contributed by atoms with van der Waals surface area (Å²) in [5.41, 5.74) is 3.48. The number of carbonyl (C=O) groups is 1. The first-order valence-electron chi connectivity index (χ1n) is 12.5. The summed E-state index contributed by atoms with van der Waals surface area (Å²) in [6.45, 7) is 10.0. The van der Waals surface area contributed by atoms with E-state index in [0.29, 0.717) is 5.56 Å². The predicted octanol–water partition coefficient (Wildman–Crippen LogP) is 7.22. The van der Waals surface area contributed by atoms with Crippen LogP contribution in [0.3, 0.4) is 0 Å². The van der Waals surface area contributed by atoms with Crippen molar-refractivity contribution >= 4 is 5.97 Å². The lowest BCUT2D eigenvalue weighted by Crippen LogP contribution is -2.21. The molecule has 1 saturated carbocycles. The Morgan fingerprint density at radius 2 is 1.88 bits per heavy atom. The van der Waals surface area contributed by atoms with E-state index in [-0.39, 0.29) is 41.3 Å². The Morgan fingerprint density at radius 3 is 2.45 bits per heavy atom. The molecule has 1 aromatic carbocycles. The normalized spacial score (nSPS) is 22.3. The first-order chi connectivity index (χ1) is 15.8. The number of unbranched alkanes of at least 4 members (excludes halogenated alkanes) is 2. The molecule has 2 atom stereocenters. The molecule has 2 aliphatic rings. The summed E-state index contributed by atoms with van der Waals surface area (Å²) in [6.07, 6.45) is 16.1. The van der Waals surface area contributed by atoms with Gasteiger partial charge in [0.1, 0.15) is 18.1 Å². The van der Waals surface area contributed by atoms with Gasteiger partial charge in [-0.1, -0.05) is 63.0 Å². The number of benzene rings is 1. The van der Waals surface area contributed by atoms with Gasteiger partial charge >= 0.3 is 5.97 Å². The fourth-order valence-corrected chi connectivity index (χ4v) is 5.57. The summed E-state index contributed by atoms with van der Waals surface area (Å²) in [7, 11) is 0. The van der Waals surface area contributed by atoms with E-state index in [1.165, 1.54) is 19.8 Å². The highest BCUT2D eigenvalue weighted by Gasteiger charge is 2.36. The number of allylic oxidation sites excluding steroid dienone is 4. The van der Waals surface area contributed by atoms with Gasteiger partial charge in [0.05, 0.1) is 0 Å². The van der Waals surface area contributed by atoms with Gasteiger partial charge in [-0.25, -0.2) is 0 Å². The van der Waals surface area contributed by atoms with Crippen molar-refractivity contribution in [3.63, 3.8) is 0 Å². The molecule has 2 N–H and O–H groups in total. The molecule has 180 valence electrons. The summed E-state index contributed by atoms with van der Waals surface area (Å²) in [5, 5.41) is 22.4. The highest BCUT2D eigenvalue weighted by molar-refractivity contribution is 5.66. The van der Waals surface area contributed by atoms with E-state index in [2.05, 4.69) is 31.7 Å². The molecule has 2 aliphatic carbocycles. The topological polar surface area (TPSA) is 66.8 Å². The molecule has 4 heteroatoms. The predicted molar refractivity (Wildman–Crippen MR) is 134 cm³/mol. The molecule has 0 bridgehead atoms. The number of hydrogen-bond acceptors (Lipinski definition) is 4. The Hall–Kier alpha value is -2.49. The SMILES string of the molecule is C=C(C)[C@H]1CCC(COC(C)=O)=C[C@@H]1c1c(O)cc(C2(/C=C/CCCC)CCCC2)cc1O. The lowest BCUT2D eigenvalue weighted by molar-refractivity contribution is -0.140. The van der Waals surface area contributed by atoms with E-state index >= 15 is 0 Å². The minimum absolute atomic E-state index is 0.113. The van der Waals surface area contributed by atoms with Crippen molar-refractivity contribution in [3.8, 4) is 11.5 Å². The fraction of sp³-hybridized carbons (Fsp3) is 0.552. The molecule has 0 aliphatic heterocycles. The van der Waals surface area contributed by atoms with Crippen molar-refractivity contribution in [2.75, 3.05) is 6.61 Å². The standard InChI is InChI=1S/C29H40O4/c1-5-6-7-8-13-29(14-9-10-15-29)23-17-26(31)28(27(32)18-23)25-16-22(19-33-21(4)30)11-12-24(25)20(2)3/h8,13,16-18,24-25,31-32H,2,5-7,9-12,14-15,19H2,1,3-4H3/b13-8+/t24-,25+/m1/s1. The number of phenolic OH excluding ortho intramolecular Hbond substituents is 2. The Balaban J connectivity index is 1.97. The Kier molecular flexibility index (Phi) is 8.45. The molecule has 0 amide bonds. The molecule has 33 heavy (non-hydrogen) atoms. The molecule has 0 heterocycles. The number of carbonyl (C=O) groups excluding carboxylic acids is 1. The van der Waals surface area contributed by atoms with Crippen molar-refractivity contribution in [1.82, 2.24) is 0 Å². The average molecular weight is 453 g/mol. The second kappa shape index (κ2) is 11.1. The van der Waals surface area contributed by atoms with Gasteiger partial charge in [-0.3, -0.25) is 4.79 Å². The summed E-state index contributed by atoms with van der Waals surface area (Å²) < 4.78 is 5.21. The van der Waals surface area contributed by atoms with Crippen LogP contribution in [-0.4, -0.2) is 22.8 Å². The van der Waals surface area contributed by atoms with Crippen molar-refractivity contribution in [2.24, 2.45) is 5.92 Å². The number of esters is 1. The fourth-order valence-electron chi connectivity index (χ4n) is 5.57. The molecule has 1 fully saturated rings. The summed E-state index contributed by atoms with van der Waals surface area (Å²) >= 11 is 0. The minimum atomic E-state index is -0.307. The van der Waals surface area contributed by atoms with Gasteiger partial charge in [0.25, 0.3) is 0 Å². The Labute approximate surface area is 199 Å². The van der Waals surface area contributed by atoms with Crippen molar-refractivity contribution in [1.29, 1.82) is 0 Å². The van der Waals surface area contributed by atoms with Gasteiger partial charge in [0.15, 0.2) is 0 Å². The molecule has 0 saturated heterocycles. The van der Waals surface area contributed by atoms with Crippen LogP contribution in [-0.2, 0) is 14.9 Å². The molecule has 0 radical (unpaired) electrons. The summed E-state index contributed by atoms with van der Waals surface area (Å²) in [4.78, 5) is 11.3. The van der Waals surface area contributed by atoms with Gasteiger partial charge < -0.3 is 14.9 Å². The van der Waals surface area contributed by atoms with Crippen molar-refractivity contribution < 1.29 is 19.7 Å². The van der Waals surface area contributed by atoms with E-state index in [4.69, 9.17) is 4.74 Å². The average Bonchev–Trinajstić information content (AvgIpc) is 3.25. The van der Waals surface area contributed by atoms with Crippen LogP contribution in [0.5, 0.6) is 11.5 Å². The van der Waals surface area contributed by atoms with Gasteiger partial charge in [-0.2, -0.15) is 0 Å². The smallest absolute Gasteiger partial charge is 0.302 e. The van der Waals surface area contributed by atoms with E-state index in [1.54, 1.807) is 0 Å². The third-order valence-corrected chi connectivity index (χ3v) is 7.42. The van der Waals surface area contributed by atoms with Crippen LogP contribution in [0.1, 0.15) is 95.6 Å². The van der Waals surface area contributed by atoms with Crippen LogP contribution in [0.4, 0.5) is 0 Å². The second-order valence-electron chi connectivity index (χ2n) is 9.96. The summed E-state index contributed by atoms with van der Waals surface area (Å²) in [5.74, 6) is -0.115. The third kappa shape index (κ3) is 5.90. The maximum absolute atomic E-state index is 11.3. The second-order valence-corrected chi connectivity index (χ2v) is 9.96. The maximum Gasteiger partial charge on any atom is 0.302 e. The zero-order valence-corrected chi connectivity index (χ0v) is 20.5.